The van der Waals surface area contributed by atoms with E-state index in [4.69, 9.17) is 0 Å². The number of nitrogens with zero attached hydrogens (tertiary/aromatic N) is 2. The summed E-state index contributed by atoms with van der Waals surface area (Å²) in [4.78, 5) is 28.6. The van der Waals surface area contributed by atoms with E-state index in [2.05, 4.69) is 0 Å². The smallest absolute Gasteiger partial charge is 0.232 e. The second kappa shape index (κ2) is 8.13. The Labute approximate surface area is 153 Å². The molecule has 1 atom stereocenters. The van der Waals surface area contributed by atoms with Crippen molar-refractivity contribution in [3.05, 3.63) is 66.0 Å². The first-order valence-corrected chi connectivity index (χ1v) is 8.97. The van der Waals surface area contributed by atoms with Crippen molar-refractivity contribution in [1.82, 2.24) is 4.90 Å². The van der Waals surface area contributed by atoms with Crippen LogP contribution in [0.4, 0.5) is 10.1 Å². The summed E-state index contributed by atoms with van der Waals surface area (Å²) in [5.41, 5.74) is 1.44. The molecule has 1 unspecified atom stereocenters. The topological polar surface area (TPSA) is 40.6 Å². The minimum absolute atomic E-state index is 0.0274. The normalized spacial score (nSPS) is 16.8. The molecule has 1 aliphatic rings. The molecular weight excluding hydrogens is 331 g/mol. The maximum atomic E-state index is 13.7. The Morgan fingerprint density at radius 1 is 1.15 bits per heavy atom. The van der Waals surface area contributed by atoms with Gasteiger partial charge in [-0.05, 0) is 37.1 Å². The lowest BCUT2D eigenvalue weighted by molar-refractivity contribution is -0.128. The van der Waals surface area contributed by atoms with Gasteiger partial charge in [0.15, 0.2) is 0 Å². The third kappa shape index (κ3) is 3.93. The Morgan fingerprint density at radius 3 is 2.54 bits per heavy atom. The number of para-hydroxylation sites is 1. The minimum Gasteiger partial charge on any atom is -0.342 e. The molecule has 0 aromatic heterocycles. The highest BCUT2D eigenvalue weighted by atomic mass is 19.1. The molecule has 1 saturated heterocycles. The van der Waals surface area contributed by atoms with E-state index in [1.54, 1.807) is 28.0 Å². The molecule has 136 valence electrons. The van der Waals surface area contributed by atoms with Gasteiger partial charge in [0.25, 0.3) is 0 Å². The Balaban J connectivity index is 1.63. The number of likely N-dealkylation sites (tertiary alicyclic amines) is 1. The van der Waals surface area contributed by atoms with Crippen molar-refractivity contribution in [3.63, 3.8) is 0 Å². The molecule has 0 saturated carbocycles. The van der Waals surface area contributed by atoms with Gasteiger partial charge in [-0.15, -0.1) is 0 Å². The molecule has 1 aliphatic heterocycles. The number of halogens is 1. The van der Waals surface area contributed by atoms with Gasteiger partial charge in [-0.2, -0.15) is 0 Å². The van der Waals surface area contributed by atoms with Crippen molar-refractivity contribution in [1.29, 1.82) is 0 Å². The maximum Gasteiger partial charge on any atom is 0.232 e. The van der Waals surface area contributed by atoms with Crippen LogP contribution in [0.25, 0.3) is 0 Å². The van der Waals surface area contributed by atoms with Gasteiger partial charge >= 0.3 is 0 Å². The lowest BCUT2D eigenvalue weighted by Gasteiger charge is -2.24. The highest BCUT2D eigenvalue weighted by molar-refractivity contribution is 5.99. The van der Waals surface area contributed by atoms with E-state index in [0.717, 1.165) is 5.69 Å². The van der Waals surface area contributed by atoms with Gasteiger partial charge in [0.2, 0.25) is 11.8 Å². The van der Waals surface area contributed by atoms with Gasteiger partial charge in [0, 0.05) is 31.7 Å². The standard InChI is InChI=1S/C21H23FN2O2/c1-2-24(18-9-4-3-5-10-18)21(26)17-14-20(25)23(15-17)13-12-16-8-6-7-11-19(16)22/h3-11,17H,2,12-15H2,1H3. The van der Waals surface area contributed by atoms with Crippen LogP contribution >= 0.6 is 0 Å². The Bertz CT molecular complexity index is 779. The van der Waals surface area contributed by atoms with Crippen molar-refractivity contribution < 1.29 is 14.0 Å². The number of carbonyl (C=O) groups is 2. The van der Waals surface area contributed by atoms with Crippen LogP contribution < -0.4 is 4.90 Å². The summed E-state index contributed by atoms with van der Waals surface area (Å²) < 4.78 is 13.7. The quantitative estimate of drug-likeness (QED) is 0.799. The molecule has 1 heterocycles. The van der Waals surface area contributed by atoms with Gasteiger partial charge in [0.05, 0.1) is 5.92 Å². The van der Waals surface area contributed by atoms with Gasteiger partial charge in [-0.1, -0.05) is 36.4 Å². The fourth-order valence-electron chi connectivity index (χ4n) is 3.40. The van der Waals surface area contributed by atoms with E-state index in [9.17, 15) is 14.0 Å². The zero-order valence-corrected chi connectivity index (χ0v) is 14.9. The number of benzene rings is 2. The van der Waals surface area contributed by atoms with Crippen LogP contribution in [0.1, 0.15) is 18.9 Å². The molecule has 26 heavy (non-hydrogen) atoms. The first kappa shape index (κ1) is 18.1. The number of anilines is 1. The molecule has 3 rings (SSSR count). The van der Waals surface area contributed by atoms with Gasteiger partial charge in [0.1, 0.15) is 5.82 Å². The van der Waals surface area contributed by atoms with Crippen molar-refractivity contribution in [2.45, 2.75) is 19.8 Å². The monoisotopic (exact) mass is 354 g/mol. The number of hydrogen-bond acceptors (Lipinski definition) is 2. The second-order valence-electron chi connectivity index (χ2n) is 6.50. The van der Waals surface area contributed by atoms with Gasteiger partial charge in [-0.25, -0.2) is 4.39 Å². The number of rotatable bonds is 6. The SMILES string of the molecule is CCN(C(=O)C1CC(=O)N(CCc2ccccc2F)C1)c1ccccc1. The third-order valence-electron chi connectivity index (χ3n) is 4.82. The lowest BCUT2D eigenvalue weighted by Crippen LogP contribution is -2.37. The fraction of sp³-hybridized carbons (Fsp3) is 0.333. The summed E-state index contributed by atoms with van der Waals surface area (Å²) in [6.45, 7) is 3.32. The van der Waals surface area contributed by atoms with Crippen LogP contribution in [-0.4, -0.2) is 36.3 Å². The lowest BCUT2D eigenvalue weighted by atomic mass is 10.1. The van der Waals surface area contributed by atoms with E-state index >= 15 is 0 Å². The van der Waals surface area contributed by atoms with Crippen LogP contribution in [-0.2, 0) is 16.0 Å². The molecule has 0 N–H and O–H groups in total. The summed E-state index contributed by atoms with van der Waals surface area (Å²) in [7, 11) is 0. The van der Waals surface area contributed by atoms with Crippen LogP contribution in [0, 0.1) is 11.7 Å². The molecule has 1 fully saturated rings. The van der Waals surface area contributed by atoms with Crippen molar-refractivity contribution in [2.75, 3.05) is 24.5 Å². The zero-order chi connectivity index (χ0) is 18.5. The number of hydrogen-bond donors (Lipinski definition) is 0. The first-order chi connectivity index (χ1) is 12.6. The molecular formula is C21H23FN2O2. The summed E-state index contributed by atoms with van der Waals surface area (Å²) in [6, 6.07) is 16.1. The first-order valence-electron chi connectivity index (χ1n) is 8.97. The maximum absolute atomic E-state index is 13.7. The largest absolute Gasteiger partial charge is 0.342 e. The summed E-state index contributed by atoms with van der Waals surface area (Å²) in [5.74, 6) is -0.666. The molecule has 0 bridgehead atoms. The van der Waals surface area contributed by atoms with E-state index in [1.807, 2.05) is 37.3 Å². The zero-order valence-electron chi connectivity index (χ0n) is 14.9. The summed E-state index contributed by atoms with van der Waals surface area (Å²) in [5, 5.41) is 0. The van der Waals surface area contributed by atoms with Crippen LogP contribution in [0.5, 0.6) is 0 Å². The summed E-state index contributed by atoms with van der Waals surface area (Å²) >= 11 is 0. The Morgan fingerprint density at radius 2 is 1.85 bits per heavy atom. The van der Waals surface area contributed by atoms with E-state index in [1.165, 1.54) is 6.07 Å². The molecule has 2 aromatic rings. The predicted molar refractivity (Wildman–Crippen MR) is 99.3 cm³/mol. The third-order valence-corrected chi connectivity index (χ3v) is 4.82. The average molecular weight is 354 g/mol. The molecule has 0 radical (unpaired) electrons. The van der Waals surface area contributed by atoms with Gasteiger partial charge in [-0.3, -0.25) is 9.59 Å². The highest BCUT2D eigenvalue weighted by Gasteiger charge is 2.36. The van der Waals surface area contributed by atoms with Crippen LogP contribution in [0.2, 0.25) is 0 Å². The van der Waals surface area contributed by atoms with E-state index in [-0.39, 0.29) is 30.0 Å². The van der Waals surface area contributed by atoms with E-state index in [0.29, 0.717) is 31.6 Å². The fourth-order valence-corrected chi connectivity index (χ4v) is 3.40. The molecule has 5 heteroatoms. The Kier molecular flexibility index (Phi) is 5.66. The van der Waals surface area contributed by atoms with Gasteiger partial charge < -0.3 is 9.80 Å². The summed E-state index contributed by atoms with van der Waals surface area (Å²) in [6.07, 6.45) is 0.676. The van der Waals surface area contributed by atoms with Crippen molar-refractivity contribution in [2.24, 2.45) is 5.92 Å². The second-order valence-corrected chi connectivity index (χ2v) is 6.50. The minimum atomic E-state index is -0.344. The molecule has 4 nitrogen and oxygen atoms in total. The predicted octanol–water partition coefficient (Wildman–Crippen LogP) is 3.27. The van der Waals surface area contributed by atoms with Crippen molar-refractivity contribution >= 4 is 17.5 Å². The average Bonchev–Trinajstić information content (AvgIpc) is 3.03. The molecule has 0 aliphatic carbocycles. The molecule has 0 spiro atoms. The Hall–Kier alpha value is -2.69. The number of carbonyl (C=O) groups excluding carboxylic acids is 2. The van der Waals surface area contributed by atoms with Crippen LogP contribution in [0.3, 0.4) is 0 Å². The van der Waals surface area contributed by atoms with Crippen LogP contribution in [0.15, 0.2) is 54.6 Å². The number of amides is 2. The highest BCUT2D eigenvalue weighted by Crippen LogP contribution is 2.24. The molecule has 2 aromatic carbocycles. The van der Waals surface area contributed by atoms with Crippen molar-refractivity contribution in [3.8, 4) is 0 Å². The van der Waals surface area contributed by atoms with E-state index < -0.39 is 0 Å². The molecule has 2 amide bonds.